The van der Waals surface area contributed by atoms with Gasteiger partial charge in [-0.05, 0) is 55.0 Å². The van der Waals surface area contributed by atoms with E-state index in [1.54, 1.807) is 31.3 Å². The summed E-state index contributed by atoms with van der Waals surface area (Å²) in [5.74, 6) is -0.306. The minimum Gasteiger partial charge on any atom is -0.326 e. The molecule has 0 spiro atoms. The van der Waals surface area contributed by atoms with Crippen molar-refractivity contribution in [2.24, 2.45) is 0 Å². The van der Waals surface area contributed by atoms with Gasteiger partial charge in [0.2, 0.25) is 5.91 Å². The topological polar surface area (TPSA) is 83.1 Å². The Labute approximate surface area is 169 Å². The highest BCUT2D eigenvalue weighted by Gasteiger charge is 2.15. The van der Waals surface area contributed by atoms with Crippen molar-refractivity contribution in [1.29, 1.82) is 0 Å². The highest BCUT2D eigenvalue weighted by atomic mass is 16.2. The molecule has 0 aliphatic carbocycles. The van der Waals surface area contributed by atoms with E-state index in [0.717, 1.165) is 11.3 Å². The van der Waals surface area contributed by atoms with Gasteiger partial charge in [0.25, 0.3) is 0 Å². The van der Waals surface area contributed by atoms with Crippen LogP contribution in [0.2, 0.25) is 0 Å². The molecule has 6 nitrogen and oxygen atoms in total. The van der Waals surface area contributed by atoms with Crippen LogP contribution >= 0.6 is 0 Å². The molecule has 6 heteroatoms. The Balaban J connectivity index is 1.55. The molecule has 1 atom stereocenters. The number of rotatable bonds is 6. The third-order valence-electron chi connectivity index (χ3n) is 4.06. The first-order chi connectivity index (χ1) is 14.1. The third-order valence-corrected chi connectivity index (χ3v) is 4.06. The number of amides is 3. The van der Waals surface area contributed by atoms with E-state index in [9.17, 15) is 9.59 Å². The molecule has 29 heavy (non-hydrogen) atoms. The third kappa shape index (κ3) is 6.32. The van der Waals surface area contributed by atoms with Crippen LogP contribution in [0.15, 0.2) is 79.0 Å². The summed E-state index contributed by atoms with van der Waals surface area (Å²) < 4.78 is 0. The fourth-order valence-corrected chi connectivity index (χ4v) is 2.58. The number of para-hydroxylation sites is 1. The molecule has 0 aliphatic heterocycles. The highest BCUT2D eigenvalue weighted by Crippen LogP contribution is 2.14. The van der Waals surface area contributed by atoms with Crippen molar-refractivity contribution in [3.8, 4) is 0 Å². The molecule has 146 valence electrons. The number of hydrogen-bond donors (Lipinski definition) is 3. The number of hydrogen-bond acceptors (Lipinski definition) is 3. The molecule has 3 rings (SSSR count). The van der Waals surface area contributed by atoms with Gasteiger partial charge in [0.05, 0.1) is 5.69 Å². The Morgan fingerprint density at radius 1 is 0.862 bits per heavy atom. The molecule has 0 aliphatic rings. The van der Waals surface area contributed by atoms with Crippen LogP contribution in [0.3, 0.4) is 0 Å². The maximum absolute atomic E-state index is 12.4. The molecule has 3 amide bonds. The summed E-state index contributed by atoms with van der Waals surface area (Å²) in [5.41, 5.74) is 3.08. The number of pyridine rings is 1. The summed E-state index contributed by atoms with van der Waals surface area (Å²) in [4.78, 5) is 28.7. The van der Waals surface area contributed by atoms with Crippen LogP contribution in [0, 0.1) is 0 Å². The van der Waals surface area contributed by atoms with Crippen LogP contribution in [-0.4, -0.2) is 23.0 Å². The Hall–Kier alpha value is -3.93. The van der Waals surface area contributed by atoms with Gasteiger partial charge < -0.3 is 16.0 Å². The summed E-state index contributed by atoms with van der Waals surface area (Å²) in [5, 5.41) is 8.13. The number of benzene rings is 2. The predicted octanol–water partition coefficient (Wildman–Crippen LogP) is 4.40. The Bertz CT molecular complexity index is 988. The molecule has 1 heterocycles. The van der Waals surface area contributed by atoms with Gasteiger partial charge in [0.1, 0.15) is 6.04 Å². The first-order valence-corrected chi connectivity index (χ1v) is 9.23. The van der Waals surface area contributed by atoms with E-state index < -0.39 is 12.1 Å². The number of nitrogens with one attached hydrogen (secondary N) is 3. The Morgan fingerprint density at radius 3 is 2.38 bits per heavy atom. The fourth-order valence-electron chi connectivity index (χ4n) is 2.58. The van der Waals surface area contributed by atoms with E-state index in [2.05, 4.69) is 20.9 Å². The SMILES string of the molecule is CC(NC(=O)Nc1ccccc1)C(=O)Nc1cccc(/C=C/c2ccccn2)c1. The zero-order valence-corrected chi connectivity index (χ0v) is 16.0. The van der Waals surface area contributed by atoms with Gasteiger partial charge in [-0.3, -0.25) is 9.78 Å². The standard InChI is InChI=1S/C23H22N4O2/c1-17(25-23(29)27-20-10-3-2-4-11-20)22(28)26-21-12-7-8-18(16-21)13-14-19-9-5-6-15-24-19/h2-17H,1H3,(H,26,28)(H2,25,27,29)/b14-13+. The van der Waals surface area contributed by atoms with E-state index >= 15 is 0 Å². The second kappa shape index (κ2) is 9.85. The molecular formula is C23H22N4O2. The summed E-state index contributed by atoms with van der Waals surface area (Å²) in [6, 6.07) is 21.0. The molecule has 1 aromatic heterocycles. The van der Waals surface area contributed by atoms with Crippen LogP contribution in [0.4, 0.5) is 16.2 Å². The van der Waals surface area contributed by atoms with E-state index in [4.69, 9.17) is 0 Å². The predicted molar refractivity (Wildman–Crippen MR) is 116 cm³/mol. The Kier molecular flexibility index (Phi) is 6.73. The molecule has 3 aromatic rings. The van der Waals surface area contributed by atoms with Crippen LogP contribution in [-0.2, 0) is 4.79 Å². The van der Waals surface area contributed by atoms with Crippen LogP contribution in [0.1, 0.15) is 18.2 Å². The molecule has 0 bridgehead atoms. The van der Waals surface area contributed by atoms with Crippen LogP contribution in [0.25, 0.3) is 12.2 Å². The lowest BCUT2D eigenvalue weighted by atomic mass is 10.1. The van der Waals surface area contributed by atoms with E-state index in [0.29, 0.717) is 11.4 Å². The van der Waals surface area contributed by atoms with Gasteiger partial charge >= 0.3 is 6.03 Å². The normalized spacial score (nSPS) is 11.6. The fraction of sp³-hybridized carbons (Fsp3) is 0.0870. The lowest BCUT2D eigenvalue weighted by molar-refractivity contribution is -0.117. The van der Waals surface area contributed by atoms with Gasteiger partial charge in [-0.25, -0.2) is 4.79 Å². The number of carbonyl (C=O) groups excluding carboxylic acids is 2. The minimum atomic E-state index is -0.702. The van der Waals surface area contributed by atoms with Crippen molar-refractivity contribution in [2.45, 2.75) is 13.0 Å². The minimum absolute atomic E-state index is 0.306. The zero-order chi connectivity index (χ0) is 20.5. The van der Waals surface area contributed by atoms with Crippen molar-refractivity contribution < 1.29 is 9.59 Å². The monoisotopic (exact) mass is 386 g/mol. The Morgan fingerprint density at radius 2 is 1.62 bits per heavy atom. The zero-order valence-electron chi connectivity index (χ0n) is 16.0. The molecule has 3 N–H and O–H groups in total. The summed E-state index contributed by atoms with van der Waals surface area (Å²) in [7, 11) is 0. The number of anilines is 2. The number of nitrogens with zero attached hydrogens (tertiary/aromatic N) is 1. The number of carbonyl (C=O) groups is 2. The summed E-state index contributed by atoms with van der Waals surface area (Å²) in [6.45, 7) is 1.63. The van der Waals surface area contributed by atoms with Crippen molar-refractivity contribution in [3.05, 3.63) is 90.3 Å². The summed E-state index contributed by atoms with van der Waals surface area (Å²) in [6.07, 6.45) is 5.56. The van der Waals surface area contributed by atoms with E-state index in [1.165, 1.54) is 0 Å². The van der Waals surface area contributed by atoms with Crippen molar-refractivity contribution >= 4 is 35.5 Å². The molecular weight excluding hydrogens is 364 g/mol. The van der Waals surface area contributed by atoms with Crippen LogP contribution < -0.4 is 16.0 Å². The highest BCUT2D eigenvalue weighted by molar-refractivity contribution is 5.99. The smallest absolute Gasteiger partial charge is 0.319 e. The molecule has 0 fully saturated rings. The lowest BCUT2D eigenvalue weighted by Gasteiger charge is -2.15. The molecule has 2 aromatic carbocycles. The first kappa shape index (κ1) is 19.8. The second-order valence-corrected chi connectivity index (χ2v) is 6.39. The van der Waals surface area contributed by atoms with Gasteiger partial charge in [-0.15, -0.1) is 0 Å². The number of urea groups is 1. The molecule has 0 radical (unpaired) electrons. The van der Waals surface area contributed by atoms with E-state index in [1.807, 2.05) is 66.7 Å². The van der Waals surface area contributed by atoms with Crippen molar-refractivity contribution in [2.75, 3.05) is 10.6 Å². The molecule has 0 saturated heterocycles. The largest absolute Gasteiger partial charge is 0.326 e. The van der Waals surface area contributed by atoms with Gasteiger partial charge in [-0.1, -0.05) is 42.5 Å². The van der Waals surface area contributed by atoms with Gasteiger partial charge in [0.15, 0.2) is 0 Å². The van der Waals surface area contributed by atoms with Crippen molar-refractivity contribution in [1.82, 2.24) is 10.3 Å². The van der Waals surface area contributed by atoms with Gasteiger partial charge in [0, 0.05) is 17.6 Å². The van der Waals surface area contributed by atoms with Gasteiger partial charge in [-0.2, -0.15) is 0 Å². The van der Waals surface area contributed by atoms with Crippen molar-refractivity contribution in [3.63, 3.8) is 0 Å². The number of aromatic nitrogens is 1. The molecule has 1 unspecified atom stereocenters. The van der Waals surface area contributed by atoms with E-state index in [-0.39, 0.29) is 5.91 Å². The first-order valence-electron chi connectivity index (χ1n) is 9.23. The average molecular weight is 386 g/mol. The summed E-state index contributed by atoms with van der Waals surface area (Å²) >= 11 is 0. The lowest BCUT2D eigenvalue weighted by Crippen LogP contribution is -2.43. The maximum Gasteiger partial charge on any atom is 0.319 e. The second-order valence-electron chi connectivity index (χ2n) is 6.39. The maximum atomic E-state index is 12.4. The molecule has 0 saturated carbocycles. The quantitative estimate of drug-likeness (QED) is 0.587. The van der Waals surface area contributed by atoms with Crippen LogP contribution in [0.5, 0.6) is 0 Å². The average Bonchev–Trinajstić information content (AvgIpc) is 2.74.